The second-order valence-electron chi connectivity index (χ2n) is 5.40. The largest absolute Gasteiger partial charge is 0.464 e. The van der Waals surface area contributed by atoms with Crippen molar-refractivity contribution >= 4 is 11.6 Å². The molecule has 3 rings (SSSR count). The highest BCUT2D eigenvalue weighted by atomic mass is 16.3. The van der Waals surface area contributed by atoms with Gasteiger partial charge in [0, 0.05) is 23.7 Å². The van der Waals surface area contributed by atoms with E-state index in [4.69, 9.17) is 4.42 Å². The fourth-order valence-corrected chi connectivity index (χ4v) is 2.16. The summed E-state index contributed by atoms with van der Waals surface area (Å²) in [5, 5.41) is 6.29. The highest BCUT2D eigenvalue weighted by Crippen LogP contribution is 2.20. The van der Waals surface area contributed by atoms with Crippen molar-refractivity contribution in [3.05, 3.63) is 53.5 Å². The van der Waals surface area contributed by atoms with Gasteiger partial charge in [-0.05, 0) is 43.2 Å². The standard InChI is InChI=1S/C17H20N2O2/c1-2-15-8-9-16(21-15)11-18-14-5-3-4-12(10-14)17(20)19-13-6-7-13/h3-5,8-10,13,18H,2,6-7,11H2,1H3,(H,19,20). The lowest BCUT2D eigenvalue weighted by atomic mass is 10.2. The van der Waals surface area contributed by atoms with Crippen LogP contribution in [0.15, 0.2) is 40.8 Å². The van der Waals surface area contributed by atoms with Gasteiger partial charge in [0.2, 0.25) is 0 Å². The lowest BCUT2D eigenvalue weighted by Gasteiger charge is -2.07. The quantitative estimate of drug-likeness (QED) is 0.855. The zero-order valence-corrected chi connectivity index (χ0v) is 12.2. The molecule has 1 saturated carbocycles. The van der Waals surface area contributed by atoms with Crippen molar-refractivity contribution in [2.24, 2.45) is 0 Å². The Balaban J connectivity index is 1.60. The summed E-state index contributed by atoms with van der Waals surface area (Å²) in [7, 11) is 0. The summed E-state index contributed by atoms with van der Waals surface area (Å²) in [5.41, 5.74) is 1.62. The van der Waals surface area contributed by atoms with Crippen LogP contribution in [-0.4, -0.2) is 11.9 Å². The maximum atomic E-state index is 12.0. The van der Waals surface area contributed by atoms with E-state index in [9.17, 15) is 4.79 Å². The Morgan fingerprint density at radius 1 is 1.24 bits per heavy atom. The predicted octanol–water partition coefficient (Wildman–Crippen LogP) is 3.35. The smallest absolute Gasteiger partial charge is 0.251 e. The monoisotopic (exact) mass is 284 g/mol. The third-order valence-electron chi connectivity index (χ3n) is 3.57. The van der Waals surface area contributed by atoms with E-state index in [-0.39, 0.29) is 5.91 Å². The van der Waals surface area contributed by atoms with Crippen molar-refractivity contribution in [1.29, 1.82) is 0 Å². The van der Waals surface area contributed by atoms with Crippen molar-refractivity contribution in [2.45, 2.75) is 38.8 Å². The number of carbonyl (C=O) groups is 1. The van der Waals surface area contributed by atoms with Crippen molar-refractivity contribution in [3.63, 3.8) is 0 Å². The number of carbonyl (C=O) groups excluding carboxylic acids is 1. The Labute approximate surface area is 124 Å². The van der Waals surface area contributed by atoms with E-state index in [0.29, 0.717) is 18.2 Å². The molecule has 1 aliphatic rings. The first-order chi connectivity index (χ1) is 10.2. The second kappa shape index (κ2) is 6.04. The molecule has 1 aliphatic carbocycles. The molecule has 1 amide bonds. The maximum absolute atomic E-state index is 12.0. The molecule has 1 heterocycles. The van der Waals surface area contributed by atoms with Crippen molar-refractivity contribution in [3.8, 4) is 0 Å². The molecule has 2 N–H and O–H groups in total. The molecule has 21 heavy (non-hydrogen) atoms. The highest BCUT2D eigenvalue weighted by Gasteiger charge is 2.23. The second-order valence-corrected chi connectivity index (χ2v) is 5.40. The highest BCUT2D eigenvalue weighted by molar-refractivity contribution is 5.95. The molecule has 4 heteroatoms. The summed E-state index contributed by atoms with van der Waals surface area (Å²) in [6.07, 6.45) is 3.10. The first kappa shape index (κ1) is 13.7. The zero-order chi connectivity index (χ0) is 14.7. The Morgan fingerprint density at radius 2 is 2.05 bits per heavy atom. The summed E-state index contributed by atoms with van der Waals surface area (Å²) in [5.74, 6) is 1.90. The van der Waals surface area contributed by atoms with Crippen LogP contribution in [0.25, 0.3) is 0 Å². The maximum Gasteiger partial charge on any atom is 0.251 e. The summed E-state index contributed by atoms with van der Waals surface area (Å²) < 4.78 is 5.65. The Bertz CT molecular complexity index is 629. The van der Waals surface area contributed by atoms with Crippen LogP contribution in [0, 0.1) is 0 Å². The van der Waals surface area contributed by atoms with Crippen LogP contribution in [0.4, 0.5) is 5.69 Å². The molecule has 4 nitrogen and oxygen atoms in total. The minimum Gasteiger partial charge on any atom is -0.464 e. The number of benzene rings is 1. The van der Waals surface area contributed by atoms with Gasteiger partial charge in [0.15, 0.2) is 0 Å². The van der Waals surface area contributed by atoms with E-state index in [0.717, 1.165) is 36.5 Å². The first-order valence-corrected chi connectivity index (χ1v) is 7.47. The van der Waals surface area contributed by atoms with Gasteiger partial charge >= 0.3 is 0 Å². The molecule has 2 aromatic rings. The first-order valence-electron chi connectivity index (χ1n) is 7.47. The SMILES string of the molecule is CCc1ccc(CNc2cccc(C(=O)NC3CC3)c2)o1. The molecule has 1 fully saturated rings. The van der Waals surface area contributed by atoms with Gasteiger partial charge < -0.3 is 15.1 Å². The van der Waals surface area contributed by atoms with Gasteiger partial charge in [0.05, 0.1) is 6.54 Å². The molecule has 110 valence electrons. The molecule has 0 atom stereocenters. The van der Waals surface area contributed by atoms with E-state index in [1.807, 2.05) is 36.4 Å². The average molecular weight is 284 g/mol. The van der Waals surface area contributed by atoms with Gasteiger partial charge in [-0.15, -0.1) is 0 Å². The van der Waals surface area contributed by atoms with Gasteiger partial charge in [-0.25, -0.2) is 0 Å². The lowest BCUT2D eigenvalue weighted by Crippen LogP contribution is -2.25. The molecular formula is C17H20N2O2. The topological polar surface area (TPSA) is 54.3 Å². The molecular weight excluding hydrogens is 264 g/mol. The normalized spacial score (nSPS) is 14.0. The summed E-state index contributed by atoms with van der Waals surface area (Å²) >= 11 is 0. The minimum absolute atomic E-state index is 0.00687. The molecule has 0 unspecified atom stereocenters. The van der Waals surface area contributed by atoms with Gasteiger partial charge in [-0.1, -0.05) is 13.0 Å². The van der Waals surface area contributed by atoms with Gasteiger partial charge in [0.1, 0.15) is 11.5 Å². The van der Waals surface area contributed by atoms with Crippen LogP contribution < -0.4 is 10.6 Å². The van der Waals surface area contributed by atoms with Crippen molar-refractivity contribution in [1.82, 2.24) is 5.32 Å². The van der Waals surface area contributed by atoms with Crippen LogP contribution in [0.5, 0.6) is 0 Å². The molecule has 0 bridgehead atoms. The third-order valence-corrected chi connectivity index (χ3v) is 3.57. The fraction of sp³-hybridized carbons (Fsp3) is 0.353. The van der Waals surface area contributed by atoms with Crippen molar-refractivity contribution < 1.29 is 9.21 Å². The van der Waals surface area contributed by atoms with Crippen LogP contribution in [0.3, 0.4) is 0 Å². The molecule has 0 radical (unpaired) electrons. The number of furan rings is 1. The van der Waals surface area contributed by atoms with E-state index in [1.54, 1.807) is 0 Å². The number of rotatable bonds is 6. The summed E-state index contributed by atoms with van der Waals surface area (Å²) in [4.78, 5) is 12.0. The molecule has 0 saturated heterocycles. The summed E-state index contributed by atoms with van der Waals surface area (Å²) in [6.45, 7) is 2.69. The number of hydrogen-bond acceptors (Lipinski definition) is 3. The fourth-order valence-electron chi connectivity index (χ4n) is 2.16. The number of anilines is 1. The molecule has 1 aromatic carbocycles. The van der Waals surface area contributed by atoms with E-state index in [2.05, 4.69) is 17.6 Å². The number of amides is 1. The Kier molecular flexibility index (Phi) is 3.95. The van der Waals surface area contributed by atoms with Gasteiger partial charge in [0.25, 0.3) is 5.91 Å². The van der Waals surface area contributed by atoms with E-state index in [1.165, 1.54) is 0 Å². The average Bonchev–Trinajstić information content (AvgIpc) is 3.20. The minimum atomic E-state index is 0.00687. The lowest BCUT2D eigenvalue weighted by molar-refractivity contribution is 0.0951. The third kappa shape index (κ3) is 3.66. The predicted molar refractivity (Wildman–Crippen MR) is 82.3 cm³/mol. The number of nitrogens with one attached hydrogen (secondary N) is 2. The zero-order valence-electron chi connectivity index (χ0n) is 12.2. The molecule has 1 aromatic heterocycles. The van der Waals surface area contributed by atoms with Crippen LogP contribution in [-0.2, 0) is 13.0 Å². The number of aryl methyl sites for hydroxylation is 1. The molecule has 0 spiro atoms. The Morgan fingerprint density at radius 3 is 2.76 bits per heavy atom. The van der Waals surface area contributed by atoms with Crippen LogP contribution in [0.2, 0.25) is 0 Å². The van der Waals surface area contributed by atoms with Crippen LogP contribution >= 0.6 is 0 Å². The van der Waals surface area contributed by atoms with Gasteiger partial charge in [-0.3, -0.25) is 4.79 Å². The number of hydrogen-bond donors (Lipinski definition) is 2. The molecule has 0 aliphatic heterocycles. The Hall–Kier alpha value is -2.23. The van der Waals surface area contributed by atoms with Crippen molar-refractivity contribution in [2.75, 3.05) is 5.32 Å². The summed E-state index contributed by atoms with van der Waals surface area (Å²) in [6, 6.07) is 11.9. The van der Waals surface area contributed by atoms with E-state index < -0.39 is 0 Å². The van der Waals surface area contributed by atoms with Gasteiger partial charge in [-0.2, -0.15) is 0 Å². The van der Waals surface area contributed by atoms with Crippen LogP contribution in [0.1, 0.15) is 41.6 Å². The van der Waals surface area contributed by atoms with E-state index >= 15 is 0 Å².